The van der Waals surface area contributed by atoms with Gasteiger partial charge in [-0.3, -0.25) is 14.1 Å². The van der Waals surface area contributed by atoms with Gasteiger partial charge in [0, 0.05) is 18.9 Å². The number of anilines is 1. The normalized spacial score (nSPS) is 11.0. The molecule has 0 aliphatic rings. The van der Waals surface area contributed by atoms with E-state index >= 15 is 0 Å². The molecule has 138 valence electrons. The van der Waals surface area contributed by atoms with Crippen molar-refractivity contribution in [2.45, 2.75) is 11.4 Å². The molecule has 0 aliphatic carbocycles. The maximum Gasteiger partial charge on any atom is 0.264 e. The van der Waals surface area contributed by atoms with Gasteiger partial charge in [-0.25, -0.2) is 8.42 Å². The zero-order chi connectivity index (χ0) is 19.1. The molecule has 0 radical (unpaired) electrons. The molecule has 0 fully saturated rings. The second-order valence-electron chi connectivity index (χ2n) is 5.79. The molecule has 1 heterocycles. The largest absolute Gasteiger partial charge is 0.350 e. The molecule has 2 aromatic carbocycles. The maximum absolute atomic E-state index is 13.1. The number of hydrogen-bond acceptors (Lipinski definition) is 4. The van der Waals surface area contributed by atoms with E-state index < -0.39 is 15.9 Å². The molecule has 3 rings (SSSR count). The van der Waals surface area contributed by atoms with Crippen molar-refractivity contribution in [2.24, 2.45) is 0 Å². The summed E-state index contributed by atoms with van der Waals surface area (Å²) in [5.74, 6) is -0.393. The van der Waals surface area contributed by atoms with Gasteiger partial charge in [-0.15, -0.1) is 0 Å². The van der Waals surface area contributed by atoms with Gasteiger partial charge in [0.15, 0.2) is 0 Å². The van der Waals surface area contributed by atoms with Gasteiger partial charge in [-0.05, 0) is 42.0 Å². The third-order valence-corrected chi connectivity index (χ3v) is 5.69. The first kappa shape index (κ1) is 18.6. The van der Waals surface area contributed by atoms with Crippen LogP contribution < -0.4 is 9.62 Å². The Labute approximate surface area is 158 Å². The SMILES string of the molecule is O=C(CN(c1ccccc1)S(=O)(=O)c1ccccc1)NCc1ccncc1. The van der Waals surface area contributed by atoms with E-state index in [-0.39, 0.29) is 11.4 Å². The Morgan fingerprint density at radius 3 is 2.11 bits per heavy atom. The first-order valence-electron chi connectivity index (χ1n) is 8.36. The van der Waals surface area contributed by atoms with E-state index in [1.807, 2.05) is 0 Å². The lowest BCUT2D eigenvalue weighted by atomic mass is 10.3. The molecule has 1 aromatic heterocycles. The summed E-state index contributed by atoms with van der Waals surface area (Å²) in [4.78, 5) is 16.5. The van der Waals surface area contributed by atoms with Crippen molar-refractivity contribution >= 4 is 21.6 Å². The van der Waals surface area contributed by atoms with E-state index in [0.717, 1.165) is 9.87 Å². The van der Waals surface area contributed by atoms with Gasteiger partial charge >= 0.3 is 0 Å². The minimum absolute atomic E-state index is 0.135. The summed E-state index contributed by atoms with van der Waals surface area (Å²) in [7, 11) is -3.87. The van der Waals surface area contributed by atoms with Crippen LogP contribution in [0.4, 0.5) is 5.69 Å². The predicted octanol–water partition coefficient (Wildman–Crippen LogP) is 2.59. The van der Waals surface area contributed by atoms with Crippen LogP contribution in [0.25, 0.3) is 0 Å². The fourth-order valence-electron chi connectivity index (χ4n) is 2.52. The third-order valence-electron chi connectivity index (χ3n) is 3.90. The highest BCUT2D eigenvalue weighted by molar-refractivity contribution is 7.92. The zero-order valence-corrected chi connectivity index (χ0v) is 15.3. The van der Waals surface area contributed by atoms with Crippen molar-refractivity contribution < 1.29 is 13.2 Å². The quantitative estimate of drug-likeness (QED) is 0.682. The third kappa shape index (κ3) is 4.71. The van der Waals surface area contributed by atoms with Crippen LogP contribution in [0.2, 0.25) is 0 Å². The van der Waals surface area contributed by atoms with Crippen molar-refractivity contribution in [3.05, 3.63) is 90.8 Å². The van der Waals surface area contributed by atoms with Crippen LogP contribution in [0, 0.1) is 0 Å². The molecule has 0 saturated heterocycles. The van der Waals surface area contributed by atoms with E-state index in [2.05, 4.69) is 10.3 Å². The summed E-state index contributed by atoms with van der Waals surface area (Å²) in [5, 5.41) is 2.75. The second kappa shape index (κ2) is 8.46. The van der Waals surface area contributed by atoms with Crippen LogP contribution in [-0.4, -0.2) is 25.9 Å². The topological polar surface area (TPSA) is 79.4 Å². The molecule has 0 saturated carbocycles. The number of sulfonamides is 1. The molecule has 1 amide bonds. The number of carbonyl (C=O) groups is 1. The molecule has 0 aliphatic heterocycles. The highest BCUT2D eigenvalue weighted by Gasteiger charge is 2.26. The van der Waals surface area contributed by atoms with Crippen LogP contribution in [0.5, 0.6) is 0 Å². The van der Waals surface area contributed by atoms with E-state index in [1.54, 1.807) is 73.1 Å². The summed E-state index contributed by atoms with van der Waals surface area (Å²) < 4.78 is 27.3. The van der Waals surface area contributed by atoms with E-state index in [4.69, 9.17) is 0 Å². The van der Waals surface area contributed by atoms with E-state index in [9.17, 15) is 13.2 Å². The molecular weight excluding hydrogens is 362 g/mol. The summed E-state index contributed by atoms with van der Waals surface area (Å²) in [6.07, 6.45) is 3.27. The van der Waals surface area contributed by atoms with Gasteiger partial charge in [-0.2, -0.15) is 0 Å². The first-order chi connectivity index (χ1) is 13.1. The number of nitrogens with one attached hydrogen (secondary N) is 1. The van der Waals surface area contributed by atoms with Gasteiger partial charge in [0.2, 0.25) is 5.91 Å². The Morgan fingerprint density at radius 1 is 0.889 bits per heavy atom. The summed E-state index contributed by atoms with van der Waals surface area (Å²) >= 11 is 0. The fraction of sp³-hybridized carbons (Fsp3) is 0.100. The molecule has 0 spiro atoms. The van der Waals surface area contributed by atoms with Crippen molar-refractivity contribution in [2.75, 3.05) is 10.8 Å². The lowest BCUT2D eigenvalue weighted by molar-refractivity contribution is -0.119. The number of rotatable bonds is 7. The molecular formula is C20H19N3O3S. The molecule has 3 aromatic rings. The number of pyridine rings is 1. The highest BCUT2D eigenvalue weighted by Crippen LogP contribution is 2.23. The summed E-state index contributed by atoms with van der Waals surface area (Å²) in [6.45, 7) is -0.0122. The Hall–Kier alpha value is -3.19. The lowest BCUT2D eigenvalue weighted by Gasteiger charge is -2.24. The highest BCUT2D eigenvalue weighted by atomic mass is 32.2. The number of carbonyl (C=O) groups excluding carboxylic acids is 1. The van der Waals surface area contributed by atoms with E-state index in [1.165, 1.54) is 12.1 Å². The minimum atomic E-state index is -3.87. The van der Waals surface area contributed by atoms with Crippen LogP contribution >= 0.6 is 0 Å². The van der Waals surface area contributed by atoms with Crippen molar-refractivity contribution in [1.29, 1.82) is 0 Å². The number of hydrogen-bond donors (Lipinski definition) is 1. The standard InChI is InChI=1S/C20H19N3O3S/c24-20(22-15-17-11-13-21-14-12-17)16-23(18-7-3-1-4-8-18)27(25,26)19-9-5-2-6-10-19/h1-14H,15-16H2,(H,22,24). The first-order valence-corrected chi connectivity index (χ1v) is 9.80. The lowest BCUT2D eigenvalue weighted by Crippen LogP contribution is -2.40. The van der Waals surface area contributed by atoms with Crippen LogP contribution in [0.3, 0.4) is 0 Å². The Kier molecular flexibility index (Phi) is 5.83. The fourth-order valence-corrected chi connectivity index (χ4v) is 3.96. The Bertz CT molecular complexity index is 979. The molecule has 0 bridgehead atoms. The zero-order valence-electron chi connectivity index (χ0n) is 14.5. The minimum Gasteiger partial charge on any atom is -0.350 e. The van der Waals surface area contributed by atoms with Gasteiger partial charge in [0.25, 0.3) is 10.0 Å². The van der Waals surface area contributed by atoms with Gasteiger partial charge < -0.3 is 5.32 Å². The average molecular weight is 381 g/mol. The molecule has 0 unspecified atom stereocenters. The number of amides is 1. The average Bonchev–Trinajstić information content (AvgIpc) is 2.72. The molecule has 0 atom stereocenters. The van der Waals surface area contributed by atoms with Crippen LogP contribution in [-0.2, 0) is 21.4 Å². The molecule has 27 heavy (non-hydrogen) atoms. The van der Waals surface area contributed by atoms with Gasteiger partial charge in [-0.1, -0.05) is 36.4 Å². The smallest absolute Gasteiger partial charge is 0.264 e. The maximum atomic E-state index is 13.1. The number of benzene rings is 2. The van der Waals surface area contributed by atoms with Crippen molar-refractivity contribution in [1.82, 2.24) is 10.3 Å². The molecule has 7 heteroatoms. The Morgan fingerprint density at radius 2 is 1.48 bits per heavy atom. The Balaban J connectivity index is 1.82. The number of para-hydroxylation sites is 1. The van der Waals surface area contributed by atoms with Crippen LogP contribution in [0.15, 0.2) is 90.1 Å². The van der Waals surface area contributed by atoms with Gasteiger partial charge in [0.1, 0.15) is 6.54 Å². The molecule has 6 nitrogen and oxygen atoms in total. The monoisotopic (exact) mass is 381 g/mol. The van der Waals surface area contributed by atoms with Crippen molar-refractivity contribution in [3.63, 3.8) is 0 Å². The number of aromatic nitrogens is 1. The summed E-state index contributed by atoms with van der Waals surface area (Å²) in [5.41, 5.74) is 1.32. The predicted molar refractivity (Wildman–Crippen MR) is 103 cm³/mol. The number of nitrogens with zero attached hydrogens (tertiary/aromatic N) is 2. The van der Waals surface area contributed by atoms with Crippen LogP contribution in [0.1, 0.15) is 5.56 Å². The van der Waals surface area contributed by atoms with Gasteiger partial charge in [0.05, 0.1) is 10.6 Å². The summed E-state index contributed by atoms with van der Waals surface area (Å²) in [6, 6.07) is 20.2. The van der Waals surface area contributed by atoms with E-state index in [0.29, 0.717) is 12.2 Å². The molecule has 1 N–H and O–H groups in total. The second-order valence-corrected chi connectivity index (χ2v) is 7.65. The van der Waals surface area contributed by atoms with Crippen molar-refractivity contribution in [3.8, 4) is 0 Å².